The SMILES string of the molecule is CCCCCCCCCCCCc1ccc(CS(=O)(=O)[O-])cc1.[Na+]. The molecule has 0 aliphatic heterocycles. The maximum absolute atomic E-state index is 10.7. The zero-order chi connectivity index (χ0) is 17.0. The van der Waals surface area contributed by atoms with Crippen LogP contribution >= 0.6 is 0 Å². The molecular formula is C19H31NaO3S. The maximum Gasteiger partial charge on any atom is 1.00 e. The van der Waals surface area contributed by atoms with Gasteiger partial charge >= 0.3 is 29.6 Å². The van der Waals surface area contributed by atoms with Gasteiger partial charge in [-0.3, -0.25) is 0 Å². The standard InChI is InChI=1S/C19H32O3S.Na/c1-2-3-4-5-6-7-8-9-10-11-12-18-13-15-19(16-14-18)17-23(20,21)22;/h13-16H,2-12,17H2,1H3,(H,20,21,22);/q;+1/p-1. The molecule has 1 aromatic rings. The molecule has 0 heterocycles. The molecule has 0 N–H and O–H groups in total. The molecule has 0 fully saturated rings. The van der Waals surface area contributed by atoms with Gasteiger partial charge in [-0.15, -0.1) is 0 Å². The van der Waals surface area contributed by atoms with E-state index in [1.807, 2.05) is 12.1 Å². The largest absolute Gasteiger partial charge is 1.00 e. The van der Waals surface area contributed by atoms with Crippen molar-refractivity contribution in [1.82, 2.24) is 0 Å². The third-order valence-electron chi connectivity index (χ3n) is 4.19. The van der Waals surface area contributed by atoms with Gasteiger partial charge in [0, 0.05) is 0 Å². The van der Waals surface area contributed by atoms with Gasteiger partial charge in [0.25, 0.3) is 0 Å². The Morgan fingerprint density at radius 1 is 0.750 bits per heavy atom. The van der Waals surface area contributed by atoms with Crippen LogP contribution in [0.4, 0.5) is 0 Å². The van der Waals surface area contributed by atoms with Crippen LogP contribution in [-0.2, 0) is 22.3 Å². The first kappa shape index (κ1) is 24.1. The van der Waals surface area contributed by atoms with Gasteiger partial charge in [0.15, 0.2) is 0 Å². The Morgan fingerprint density at radius 2 is 1.17 bits per heavy atom. The first-order chi connectivity index (χ1) is 11.0. The van der Waals surface area contributed by atoms with E-state index in [4.69, 9.17) is 0 Å². The van der Waals surface area contributed by atoms with E-state index in [0.29, 0.717) is 5.56 Å². The minimum atomic E-state index is -4.18. The van der Waals surface area contributed by atoms with E-state index in [2.05, 4.69) is 6.92 Å². The summed E-state index contributed by atoms with van der Waals surface area (Å²) in [6.45, 7) is 2.25. The van der Waals surface area contributed by atoms with E-state index in [1.165, 1.54) is 69.8 Å². The van der Waals surface area contributed by atoms with Crippen molar-refractivity contribution in [3.05, 3.63) is 35.4 Å². The van der Waals surface area contributed by atoms with Crippen LogP contribution in [0.5, 0.6) is 0 Å². The van der Waals surface area contributed by atoms with Crippen molar-refractivity contribution >= 4 is 10.1 Å². The molecule has 5 heteroatoms. The second-order valence-corrected chi connectivity index (χ2v) is 7.85. The molecule has 0 atom stereocenters. The first-order valence-corrected chi connectivity index (χ1v) is 10.6. The Bertz CT molecular complexity index is 512. The number of benzene rings is 1. The van der Waals surface area contributed by atoms with Crippen LogP contribution in [0.3, 0.4) is 0 Å². The Labute approximate surface area is 170 Å². The van der Waals surface area contributed by atoms with Crippen LogP contribution in [0.15, 0.2) is 24.3 Å². The molecule has 1 rings (SSSR count). The van der Waals surface area contributed by atoms with Crippen molar-refractivity contribution in [2.45, 2.75) is 83.3 Å². The summed E-state index contributed by atoms with van der Waals surface area (Å²) in [5.74, 6) is -0.411. The van der Waals surface area contributed by atoms with Gasteiger partial charge in [-0.25, -0.2) is 8.42 Å². The van der Waals surface area contributed by atoms with E-state index >= 15 is 0 Å². The summed E-state index contributed by atoms with van der Waals surface area (Å²) in [7, 11) is -4.18. The van der Waals surface area contributed by atoms with Crippen molar-refractivity contribution in [2.24, 2.45) is 0 Å². The first-order valence-electron chi connectivity index (χ1n) is 9.02. The summed E-state index contributed by atoms with van der Waals surface area (Å²) >= 11 is 0. The normalized spacial score (nSPS) is 11.2. The number of hydrogen-bond acceptors (Lipinski definition) is 3. The second-order valence-electron chi connectivity index (χ2n) is 6.45. The summed E-state index contributed by atoms with van der Waals surface area (Å²) < 4.78 is 32.1. The van der Waals surface area contributed by atoms with Gasteiger partial charge in [-0.05, 0) is 24.0 Å². The predicted octanol–water partition coefficient (Wildman–Crippen LogP) is 2.20. The third-order valence-corrected chi connectivity index (χ3v) is 4.87. The Balaban J connectivity index is 0.00000529. The van der Waals surface area contributed by atoms with Gasteiger partial charge < -0.3 is 4.55 Å². The zero-order valence-corrected chi connectivity index (χ0v) is 18.2. The quantitative estimate of drug-likeness (QED) is 0.307. The van der Waals surface area contributed by atoms with Crippen LogP contribution in [-0.4, -0.2) is 13.0 Å². The van der Waals surface area contributed by atoms with Gasteiger partial charge in [-0.2, -0.15) is 0 Å². The Hall–Kier alpha value is 0.130. The molecule has 0 unspecified atom stereocenters. The molecule has 0 aliphatic rings. The number of unbranched alkanes of at least 4 members (excludes halogenated alkanes) is 9. The minimum Gasteiger partial charge on any atom is -0.748 e. The van der Waals surface area contributed by atoms with Crippen LogP contribution in [0.1, 0.15) is 82.3 Å². The smallest absolute Gasteiger partial charge is 0.748 e. The molecule has 3 nitrogen and oxygen atoms in total. The molecule has 0 spiro atoms. The summed E-state index contributed by atoms with van der Waals surface area (Å²) in [6, 6.07) is 7.38. The van der Waals surface area contributed by atoms with Crippen LogP contribution in [0, 0.1) is 0 Å². The van der Waals surface area contributed by atoms with Crippen LogP contribution in [0.25, 0.3) is 0 Å². The molecule has 24 heavy (non-hydrogen) atoms. The Kier molecular flexibility index (Phi) is 14.4. The summed E-state index contributed by atoms with van der Waals surface area (Å²) in [4.78, 5) is 0. The van der Waals surface area contributed by atoms with E-state index in [9.17, 15) is 13.0 Å². The predicted molar refractivity (Wildman–Crippen MR) is 95.4 cm³/mol. The molecule has 0 aliphatic carbocycles. The molecule has 0 radical (unpaired) electrons. The fraction of sp³-hybridized carbons (Fsp3) is 0.684. The maximum atomic E-state index is 10.7. The van der Waals surface area contributed by atoms with Crippen LogP contribution < -0.4 is 29.6 Å². The summed E-state index contributed by atoms with van der Waals surface area (Å²) in [6.07, 6.45) is 14.3. The van der Waals surface area contributed by atoms with Gasteiger partial charge in [-0.1, -0.05) is 89.0 Å². The van der Waals surface area contributed by atoms with E-state index < -0.39 is 15.9 Å². The second kappa shape index (κ2) is 14.3. The molecule has 0 aromatic heterocycles. The average molecular weight is 363 g/mol. The molecule has 0 saturated carbocycles. The molecule has 0 amide bonds. The monoisotopic (exact) mass is 362 g/mol. The molecule has 0 saturated heterocycles. The fourth-order valence-electron chi connectivity index (χ4n) is 2.82. The summed E-state index contributed by atoms with van der Waals surface area (Å²) in [5, 5.41) is 0. The van der Waals surface area contributed by atoms with Crippen molar-refractivity contribution in [3.8, 4) is 0 Å². The average Bonchev–Trinajstić information content (AvgIpc) is 2.49. The molecule has 1 aromatic carbocycles. The number of hydrogen-bond donors (Lipinski definition) is 0. The van der Waals surface area contributed by atoms with Crippen LogP contribution in [0.2, 0.25) is 0 Å². The van der Waals surface area contributed by atoms with E-state index in [1.54, 1.807) is 12.1 Å². The zero-order valence-electron chi connectivity index (χ0n) is 15.4. The van der Waals surface area contributed by atoms with Crippen molar-refractivity contribution in [3.63, 3.8) is 0 Å². The fourth-order valence-corrected chi connectivity index (χ4v) is 3.42. The van der Waals surface area contributed by atoms with Crippen molar-refractivity contribution in [2.75, 3.05) is 0 Å². The molecule has 0 bridgehead atoms. The molecular weight excluding hydrogens is 331 g/mol. The summed E-state index contributed by atoms with van der Waals surface area (Å²) in [5.41, 5.74) is 1.79. The van der Waals surface area contributed by atoms with Crippen molar-refractivity contribution in [1.29, 1.82) is 0 Å². The topological polar surface area (TPSA) is 57.2 Å². The number of rotatable bonds is 13. The van der Waals surface area contributed by atoms with E-state index in [-0.39, 0.29) is 29.6 Å². The number of aryl methyl sites for hydroxylation is 1. The van der Waals surface area contributed by atoms with Gasteiger partial charge in [0.05, 0.1) is 15.9 Å². The van der Waals surface area contributed by atoms with Gasteiger partial charge in [0.2, 0.25) is 0 Å². The Morgan fingerprint density at radius 3 is 1.62 bits per heavy atom. The van der Waals surface area contributed by atoms with E-state index in [0.717, 1.165) is 6.42 Å². The molecule has 132 valence electrons. The third kappa shape index (κ3) is 13.4. The van der Waals surface area contributed by atoms with Crippen molar-refractivity contribution < 1.29 is 42.5 Å². The van der Waals surface area contributed by atoms with Gasteiger partial charge in [0.1, 0.15) is 0 Å². The minimum absolute atomic E-state index is 0.